The van der Waals surface area contributed by atoms with Gasteiger partial charge in [0.05, 0.1) is 0 Å². The lowest BCUT2D eigenvalue weighted by Crippen LogP contribution is -2.34. The number of hydrogen-bond acceptors (Lipinski definition) is 1. The molecule has 90 valence electrons. The first-order chi connectivity index (χ1) is 8.33. The molecule has 2 atom stereocenters. The Bertz CT molecular complexity index is 419. The average molecular weight is 227 g/mol. The molecule has 3 rings (SSSR count). The van der Waals surface area contributed by atoms with Gasteiger partial charge in [0.1, 0.15) is 0 Å². The maximum Gasteiger partial charge on any atom is 0.0290 e. The minimum Gasteiger partial charge on any atom is -0.297 e. The maximum absolute atomic E-state index is 3.43. The summed E-state index contributed by atoms with van der Waals surface area (Å²) >= 11 is 0. The molecule has 1 saturated heterocycles. The van der Waals surface area contributed by atoms with Crippen LogP contribution < -0.4 is 0 Å². The summed E-state index contributed by atoms with van der Waals surface area (Å²) in [7, 11) is 2.26. The quantitative estimate of drug-likeness (QED) is 0.574. The van der Waals surface area contributed by atoms with Crippen LogP contribution in [0.4, 0.5) is 0 Å². The van der Waals surface area contributed by atoms with Crippen LogP contribution in [0.1, 0.15) is 44.9 Å². The van der Waals surface area contributed by atoms with Gasteiger partial charge < -0.3 is 0 Å². The molecule has 1 nitrogen and oxygen atoms in total. The molecule has 2 heterocycles. The molecule has 0 amide bonds. The van der Waals surface area contributed by atoms with Crippen molar-refractivity contribution in [2.45, 2.75) is 57.0 Å². The van der Waals surface area contributed by atoms with E-state index in [1.165, 1.54) is 56.1 Å². The van der Waals surface area contributed by atoms with Crippen molar-refractivity contribution in [3.05, 3.63) is 23.3 Å². The van der Waals surface area contributed by atoms with Crippen LogP contribution in [0.15, 0.2) is 23.3 Å². The number of hydrogen-bond donors (Lipinski definition) is 0. The van der Waals surface area contributed by atoms with E-state index < -0.39 is 0 Å². The minimum absolute atomic E-state index is 0.665. The fourth-order valence-electron chi connectivity index (χ4n) is 3.25. The predicted octanol–water partition coefficient (Wildman–Crippen LogP) is 3.28. The van der Waals surface area contributed by atoms with Crippen LogP contribution in [-0.2, 0) is 0 Å². The fourth-order valence-corrected chi connectivity index (χ4v) is 3.25. The molecule has 0 aromatic carbocycles. The number of nitrogens with zero attached hydrogens (tertiary/aromatic N) is 1. The number of allylic oxidation sites excluding steroid dienone is 2. The van der Waals surface area contributed by atoms with Gasteiger partial charge in [-0.25, -0.2) is 0 Å². The summed E-state index contributed by atoms with van der Waals surface area (Å²) in [4.78, 5) is 2.52. The molecule has 2 unspecified atom stereocenters. The van der Waals surface area contributed by atoms with Gasteiger partial charge in [-0.05, 0) is 57.6 Å². The van der Waals surface area contributed by atoms with Gasteiger partial charge in [-0.1, -0.05) is 24.0 Å². The van der Waals surface area contributed by atoms with Gasteiger partial charge in [0, 0.05) is 17.7 Å². The zero-order valence-electron chi connectivity index (χ0n) is 10.7. The third kappa shape index (κ3) is 2.33. The van der Waals surface area contributed by atoms with Gasteiger partial charge >= 0.3 is 0 Å². The van der Waals surface area contributed by atoms with Crippen LogP contribution in [0.25, 0.3) is 0 Å². The largest absolute Gasteiger partial charge is 0.297 e. The highest BCUT2D eigenvalue weighted by atomic mass is 15.2. The number of rotatable bonds is 0. The van der Waals surface area contributed by atoms with Crippen molar-refractivity contribution in [3.63, 3.8) is 0 Å². The Labute approximate surface area is 105 Å². The van der Waals surface area contributed by atoms with E-state index in [1.807, 2.05) is 0 Å². The SMILES string of the molecule is CN1C2C=C(C#CC3=CCCCC3)CC1CC2. The Balaban J connectivity index is 1.72. The van der Waals surface area contributed by atoms with Gasteiger partial charge in [0.15, 0.2) is 0 Å². The normalized spacial score (nSPS) is 32.5. The highest BCUT2D eigenvalue weighted by Crippen LogP contribution is 2.32. The van der Waals surface area contributed by atoms with Crippen LogP contribution in [0, 0.1) is 11.8 Å². The van der Waals surface area contributed by atoms with Crippen molar-refractivity contribution < 1.29 is 0 Å². The van der Waals surface area contributed by atoms with Gasteiger partial charge in [-0.2, -0.15) is 0 Å². The molecule has 1 fully saturated rings. The molecule has 1 aliphatic carbocycles. The van der Waals surface area contributed by atoms with E-state index >= 15 is 0 Å². The second-order valence-electron chi connectivity index (χ2n) is 5.59. The van der Waals surface area contributed by atoms with Crippen molar-refractivity contribution >= 4 is 0 Å². The van der Waals surface area contributed by atoms with E-state index in [9.17, 15) is 0 Å². The van der Waals surface area contributed by atoms with Crippen LogP contribution in [-0.4, -0.2) is 24.0 Å². The van der Waals surface area contributed by atoms with Gasteiger partial charge in [0.2, 0.25) is 0 Å². The summed E-state index contributed by atoms with van der Waals surface area (Å²) in [5, 5.41) is 0. The van der Waals surface area contributed by atoms with Gasteiger partial charge in [0.25, 0.3) is 0 Å². The molecular formula is C16H21N. The lowest BCUT2D eigenvalue weighted by Gasteiger charge is -2.28. The molecule has 0 spiro atoms. The Hall–Kier alpha value is -1.00. The lowest BCUT2D eigenvalue weighted by atomic mass is 9.98. The molecule has 3 aliphatic rings. The molecule has 2 bridgehead atoms. The fraction of sp³-hybridized carbons (Fsp3) is 0.625. The standard InChI is InChI=1S/C16H21N/c1-17-15-9-10-16(17)12-14(11-15)8-7-13-5-3-2-4-6-13/h5,11,15-16H,2-4,6,9-10,12H2,1H3. The maximum atomic E-state index is 3.43. The van der Waals surface area contributed by atoms with Gasteiger partial charge in [-0.3, -0.25) is 4.90 Å². The summed E-state index contributed by atoms with van der Waals surface area (Å²) in [5.41, 5.74) is 2.77. The van der Waals surface area contributed by atoms with Crippen LogP contribution >= 0.6 is 0 Å². The number of fused-ring (bicyclic) bond motifs is 2. The predicted molar refractivity (Wildman–Crippen MR) is 71.6 cm³/mol. The van der Waals surface area contributed by atoms with E-state index in [4.69, 9.17) is 0 Å². The zero-order chi connectivity index (χ0) is 11.7. The molecule has 0 aromatic rings. The van der Waals surface area contributed by atoms with Crippen molar-refractivity contribution in [1.29, 1.82) is 0 Å². The molecule has 1 heteroatoms. The Kier molecular flexibility index (Phi) is 3.07. The summed E-state index contributed by atoms with van der Waals surface area (Å²) in [5.74, 6) is 6.83. The van der Waals surface area contributed by atoms with Crippen molar-refractivity contribution in [2.24, 2.45) is 0 Å². The van der Waals surface area contributed by atoms with Crippen LogP contribution in [0.5, 0.6) is 0 Å². The van der Waals surface area contributed by atoms with E-state index in [0.29, 0.717) is 6.04 Å². The third-order valence-electron chi connectivity index (χ3n) is 4.42. The van der Waals surface area contributed by atoms with Crippen molar-refractivity contribution in [2.75, 3.05) is 7.05 Å². The number of likely N-dealkylation sites (N-methyl/N-ethyl adjacent to an activating group) is 1. The van der Waals surface area contributed by atoms with E-state index in [-0.39, 0.29) is 0 Å². The molecule has 0 radical (unpaired) electrons. The van der Waals surface area contributed by atoms with Crippen LogP contribution in [0.3, 0.4) is 0 Å². The zero-order valence-corrected chi connectivity index (χ0v) is 10.7. The molecular weight excluding hydrogens is 206 g/mol. The van der Waals surface area contributed by atoms with Crippen molar-refractivity contribution in [1.82, 2.24) is 4.90 Å². The molecule has 0 aromatic heterocycles. The van der Waals surface area contributed by atoms with E-state index in [1.54, 1.807) is 0 Å². The van der Waals surface area contributed by atoms with Gasteiger partial charge in [-0.15, -0.1) is 0 Å². The highest BCUT2D eigenvalue weighted by molar-refractivity contribution is 5.41. The Morgan fingerprint density at radius 1 is 1.18 bits per heavy atom. The first-order valence-corrected chi connectivity index (χ1v) is 6.96. The summed E-state index contributed by atoms with van der Waals surface area (Å²) in [6.45, 7) is 0. The lowest BCUT2D eigenvalue weighted by molar-refractivity contribution is 0.257. The monoisotopic (exact) mass is 227 g/mol. The van der Waals surface area contributed by atoms with E-state index in [2.05, 4.69) is 35.9 Å². The summed E-state index contributed by atoms with van der Waals surface area (Å²) in [6.07, 6.45) is 13.7. The molecule has 0 N–H and O–H groups in total. The molecule has 2 aliphatic heterocycles. The average Bonchev–Trinajstić information content (AvgIpc) is 2.61. The second kappa shape index (κ2) is 4.70. The topological polar surface area (TPSA) is 3.24 Å². The minimum atomic E-state index is 0.665. The second-order valence-corrected chi connectivity index (χ2v) is 5.59. The first kappa shape index (κ1) is 11.1. The Morgan fingerprint density at radius 3 is 2.82 bits per heavy atom. The first-order valence-electron chi connectivity index (χ1n) is 6.96. The van der Waals surface area contributed by atoms with Crippen LogP contribution in [0.2, 0.25) is 0 Å². The van der Waals surface area contributed by atoms with E-state index in [0.717, 1.165) is 6.04 Å². The summed E-state index contributed by atoms with van der Waals surface area (Å²) in [6, 6.07) is 1.42. The smallest absolute Gasteiger partial charge is 0.0290 e. The summed E-state index contributed by atoms with van der Waals surface area (Å²) < 4.78 is 0. The molecule has 17 heavy (non-hydrogen) atoms. The molecule has 0 saturated carbocycles. The Morgan fingerprint density at radius 2 is 2.06 bits per heavy atom. The highest BCUT2D eigenvalue weighted by Gasteiger charge is 2.33. The van der Waals surface area contributed by atoms with Crippen molar-refractivity contribution in [3.8, 4) is 11.8 Å². The third-order valence-corrected chi connectivity index (χ3v) is 4.42.